The molecule has 1 N–H and O–H groups in total. The second-order valence-electron chi connectivity index (χ2n) is 8.18. The minimum absolute atomic E-state index is 0.0992. The highest BCUT2D eigenvalue weighted by Gasteiger charge is 2.35. The third-order valence-electron chi connectivity index (χ3n) is 5.47. The van der Waals surface area contributed by atoms with Gasteiger partial charge in [-0.1, -0.05) is 67.2 Å². The molecule has 1 atom stereocenters. The summed E-state index contributed by atoms with van der Waals surface area (Å²) in [6.45, 7) is 3.21. The van der Waals surface area contributed by atoms with Crippen molar-refractivity contribution in [3.63, 3.8) is 0 Å². The number of carbonyl (C=O) groups excluding carboxylic acids is 2. The van der Waals surface area contributed by atoms with Crippen LogP contribution in [0.4, 0.5) is 11.4 Å². The molecule has 1 fully saturated rings. The Morgan fingerprint density at radius 2 is 1.71 bits per heavy atom. The van der Waals surface area contributed by atoms with Gasteiger partial charge in [-0.05, 0) is 54.8 Å². The Morgan fingerprint density at radius 3 is 2.40 bits per heavy atom. The highest BCUT2D eigenvalue weighted by molar-refractivity contribution is 8.15. The molecular weight excluding hydrogens is 458 g/mol. The Labute approximate surface area is 210 Å². The number of amidine groups is 1. The predicted molar refractivity (Wildman–Crippen MR) is 142 cm³/mol. The molecule has 6 nitrogen and oxygen atoms in total. The minimum atomic E-state index is -0.561. The lowest BCUT2D eigenvalue weighted by Gasteiger charge is -2.32. The molecule has 7 heteroatoms. The first-order valence-electron chi connectivity index (χ1n) is 11.8. The smallest absolute Gasteiger partial charge is 0.238 e. The van der Waals surface area contributed by atoms with Gasteiger partial charge in [0.05, 0.1) is 12.3 Å². The van der Waals surface area contributed by atoms with Crippen molar-refractivity contribution in [2.75, 3.05) is 18.5 Å². The summed E-state index contributed by atoms with van der Waals surface area (Å²) in [4.78, 5) is 32.7. The summed E-state index contributed by atoms with van der Waals surface area (Å²) in [5.74, 6) is 0.449. The number of nitrogens with zero attached hydrogens (tertiary/aromatic N) is 2. The number of hydrogen-bond acceptors (Lipinski definition) is 5. The van der Waals surface area contributed by atoms with Crippen molar-refractivity contribution >= 4 is 40.1 Å². The van der Waals surface area contributed by atoms with Crippen molar-refractivity contribution in [2.24, 2.45) is 4.99 Å². The number of nitrogens with one attached hydrogen (secondary N) is 1. The largest absolute Gasteiger partial charge is 0.494 e. The summed E-state index contributed by atoms with van der Waals surface area (Å²) < 4.78 is 5.60. The molecule has 3 aromatic rings. The summed E-state index contributed by atoms with van der Waals surface area (Å²) in [6.07, 6.45) is 1.77. The molecule has 0 aliphatic carbocycles. The van der Waals surface area contributed by atoms with Gasteiger partial charge in [-0.3, -0.25) is 14.5 Å². The van der Waals surface area contributed by atoms with Crippen LogP contribution in [0, 0.1) is 0 Å². The first-order chi connectivity index (χ1) is 17.1. The second-order valence-corrected chi connectivity index (χ2v) is 9.35. The molecule has 1 aliphatic rings. The molecule has 0 spiro atoms. The van der Waals surface area contributed by atoms with Crippen molar-refractivity contribution < 1.29 is 14.3 Å². The summed E-state index contributed by atoms with van der Waals surface area (Å²) in [6, 6.07) is 26.8. The van der Waals surface area contributed by atoms with Crippen molar-refractivity contribution in [1.29, 1.82) is 0 Å². The Balaban J connectivity index is 1.47. The molecule has 35 heavy (non-hydrogen) atoms. The third-order valence-corrected chi connectivity index (χ3v) is 6.66. The van der Waals surface area contributed by atoms with Crippen molar-refractivity contribution in [3.05, 3.63) is 90.5 Å². The van der Waals surface area contributed by atoms with Crippen LogP contribution < -0.4 is 10.1 Å². The molecule has 0 radical (unpaired) electrons. The van der Waals surface area contributed by atoms with E-state index in [4.69, 9.17) is 9.73 Å². The van der Waals surface area contributed by atoms with Gasteiger partial charge < -0.3 is 10.1 Å². The van der Waals surface area contributed by atoms with Crippen LogP contribution >= 0.6 is 11.8 Å². The van der Waals surface area contributed by atoms with Gasteiger partial charge in [-0.2, -0.15) is 0 Å². The monoisotopic (exact) mass is 487 g/mol. The highest BCUT2D eigenvalue weighted by atomic mass is 32.2. The van der Waals surface area contributed by atoms with E-state index in [0.29, 0.717) is 30.4 Å². The van der Waals surface area contributed by atoms with Gasteiger partial charge in [0.2, 0.25) is 11.8 Å². The number of ether oxygens (including phenoxy) is 1. The van der Waals surface area contributed by atoms with Crippen LogP contribution in [0.3, 0.4) is 0 Å². The standard InChI is InChI=1S/C28H29N3O3S/c1-2-19-34-24-15-13-23(14-16-24)29-27(33)25-20-26(32)31(18-17-21-9-5-3-6-10-21)28(35-25)30-22-11-7-4-8-12-22/h3-16,25H,2,17-20H2,1H3,(H,29,33). The zero-order valence-electron chi connectivity index (χ0n) is 19.7. The molecule has 1 saturated heterocycles. The zero-order valence-corrected chi connectivity index (χ0v) is 20.5. The van der Waals surface area contributed by atoms with E-state index in [1.807, 2.05) is 84.9 Å². The lowest BCUT2D eigenvalue weighted by Crippen LogP contribution is -2.46. The highest BCUT2D eigenvalue weighted by Crippen LogP contribution is 2.30. The van der Waals surface area contributed by atoms with Crippen LogP contribution in [0.25, 0.3) is 0 Å². The Kier molecular flexibility index (Phi) is 8.57. The van der Waals surface area contributed by atoms with Crippen LogP contribution in [0.2, 0.25) is 0 Å². The molecule has 1 unspecified atom stereocenters. The van der Waals surface area contributed by atoms with Crippen LogP contribution in [-0.4, -0.2) is 40.3 Å². The minimum Gasteiger partial charge on any atom is -0.494 e. The van der Waals surface area contributed by atoms with E-state index in [-0.39, 0.29) is 18.2 Å². The molecule has 3 aromatic carbocycles. The van der Waals surface area contributed by atoms with Crippen LogP contribution in [-0.2, 0) is 16.0 Å². The first-order valence-corrected chi connectivity index (χ1v) is 12.7. The maximum absolute atomic E-state index is 13.2. The normalized spacial score (nSPS) is 16.8. The maximum Gasteiger partial charge on any atom is 0.238 e. The number of thioether (sulfide) groups is 1. The van der Waals surface area contributed by atoms with Crippen molar-refractivity contribution in [2.45, 2.75) is 31.4 Å². The number of para-hydroxylation sites is 1. The van der Waals surface area contributed by atoms with Crippen molar-refractivity contribution in [3.8, 4) is 5.75 Å². The zero-order chi connectivity index (χ0) is 24.5. The quantitative estimate of drug-likeness (QED) is 0.422. The first kappa shape index (κ1) is 24.5. The fourth-order valence-corrected chi connectivity index (χ4v) is 4.76. The summed E-state index contributed by atoms with van der Waals surface area (Å²) in [7, 11) is 0. The SMILES string of the molecule is CCCOc1ccc(NC(=O)C2CC(=O)N(CCc3ccccc3)C(=Nc3ccccc3)S2)cc1. The number of anilines is 1. The number of hydrogen-bond donors (Lipinski definition) is 1. The Morgan fingerprint density at radius 1 is 1.03 bits per heavy atom. The fourth-order valence-electron chi connectivity index (χ4n) is 3.64. The number of amides is 2. The lowest BCUT2D eigenvalue weighted by molar-refractivity contribution is -0.129. The maximum atomic E-state index is 13.2. The number of benzene rings is 3. The van der Waals surface area contributed by atoms with E-state index in [2.05, 4.69) is 12.2 Å². The Bertz CT molecular complexity index is 1150. The molecule has 180 valence electrons. The average Bonchev–Trinajstić information content (AvgIpc) is 2.89. The van der Waals surface area contributed by atoms with E-state index in [0.717, 1.165) is 23.4 Å². The van der Waals surface area contributed by atoms with Gasteiger partial charge in [-0.25, -0.2) is 4.99 Å². The van der Waals surface area contributed by atoms with Gasteiger partial charge in [0, 0.05) is 18.7 Å². The Hall–Kier alpha value is -3.58. The van der Waals surface area contributed by atoms with Gasteiger partial charge >= 0.3 is 0 Å². The number of aliphatic imine (C=N–C) groups is 1. The van der Waals surface area contributed by atoms with Crippen LogP contribution in [0.15, 0.2) is 89.9 Å². The fraction of sp³-hybridized carbons (Fsp3) is 0.250. The molecule has 0 bridgehead atoms. The van der Waals surface area contributed by atoms with E-state index < -0.39 is 5.25 Å². The summed E-state index contributed by atoms with van der Waals surface area (Å²) in [5, 5.41) is 2.92. The van der Waals surface area contributed by atoms with E-state index in [1.165, 1.54) is 11.8 Å². The predicted octanol–water partition coefficient (Wildman–Crippen LogP) is 5.68. The number of carbonyl (C=O) groups is 2. The third kappa shape index (κ3) is 6.96. The van der Waals surface area contributed by atoms with Crippen LogP contribution in [0.1, 0.15) is 25.3 Å². The van der Waals surface area contributed by atoms with E-state index in [1.54, 1.807) is 4.90 Å². The molecule has 4 rings (SSSR count). The second kappa shape index (κ2) is 12.2. The molecule has 0 saturated carbocycles. The summed E-state index contributed by atoms with van der Waals surface area (Å²) in [5.41, 5.74) is 2.56. The van der Waals surface area contributed by atoms with E-state index >= 15 is 0 Å². The molecule has 1 heterocycles. The van der Waals surface area contributed by atoms with Gasteiger partial charge in [0.25, 0.3) is 0 Å². The van der Waals surface area contributed by atoms with Gasteiger partial charge in [0.1, 0.15) is 11.0 Å². The van der Waals surface area contributed by atoms with Gasteiger partial charge in [0.15, 0.2) is 5.17 Å². The van der Waals surface area contributed by atoms with Gasteiger partial charge in [-0.15, -0.1) is 0 Å². The van der Waals surface area contributed by atoms with E-state index in [9.17, 15) is 9.59 Å². The summed E-state index contributed by atoms with van der Waals surface area (Å²) >= 11 is 1.33. The topological polar surface area (TPSA) is 71.0 Å². The average molecular weight is 488 g/mol. The van der Waals surface area contributed by atoms with Crippen molar-refractivity contribution in [1.82, 2.24) is 4.90 Å². The molecule has 2 amide bonds. The molecular formula is C28H29N3O3S. The lowest BCUT2D eigenvalue weighted by atomic mass is 10.1. The molecule has 0 aromatic heterocycles. The molecule has 1 aliphatic heterocycles. The number of rotatable bonds is 9. The van der Waals surface area contributed by atoms with Crippen LogP contribution in [0.5, 0.6) is 5.75 Å².